The lowest BCUT2D eigenvalue weighted by molar-refractivity contribution is 0.0948. The summed E-state index contributed by atoms with van der Waals surface area (Å²) in [7, 11) is 0. The van der Waals surface area contributed by atoms with E-state index < -0.39 is 0 Å². The molecule has 0 radical (unpaired) electrons. The number of rotatable bonds is 4. The first kappa shape index (κ1) is 14.3. The van der Waals surface area contributed by atoms with Gasteiger partial charge < -0.3 is 9.72 Å². The van der Waals surface area contributed by atoms with E-state index in [0.717, 1.165) is 11.3 Å². The molecular formula is C14H12ClN5O2. The minimum absolute atomic E-state index is 0.168. The van der Waals surface area contributed by atoms with Crippen LogP contribution in [0.2, 0.25) is 5.02 Å². The van der Waals surface area contributed by atoms with Gasteiger partial charge in [-0.1, -0.05) is 11.6 Å². The van der Waals surface area contributed by atoms with E-state index in [0.29, 0.717) is 18.0 Å². The quantitative estimate of drug-likeness (QED) is 0.752. The van der Waals surface area contributed by atoms with E-state index in [2.05, 4.69) is 20.5 Å². The van der Waals surface area contributed by atoms with E-state index in [9.17, 15) is 9.59 Å². The number of imidazole rings is 1. The van der Waals surface area contributed by atoms with Crippen molar-refractivity contribution in [2.45, 2.75) is 6.42 Å². The molecule has 0 saturated heterocycles. The van der Waals surface area contributed by atoms with Crippen molar-refractivity contribution in [2.24, 2.45) is 0 Å². The van der Waals surface area contributed by atoms with Crippen LogP contribution in [0.4, 0.5) is 0 Å². The number of halogens is 1. The van der Waals surface area contributed by atoms with Gasteiger partial charge in [0.1, 0.15) is 11.3 Å². The molecule has 3 heterocycles. The Morgan fingerprint density at radius 3 is 2.91 bits per heavy atom. The van der Waals surface area contributed by atoms with E-state index in [-0.39, 0.29) is 17.2 Å². The number of H-pyrrole nitrogens is 1. The summed E-state index contributed by atoms with van der Waals surface area (Å²) in [6.45, 7) is 0.414. The van der Waals surface area contributed by atoms with Crippen molar-refractivity contribution in [3.8, 4) is 0 Å². The third kappa shape index (κ3) is 3.15. The van der Waals surface area contributed by atoms with Crippen molar-refractivity contribution in [3.05, 3.63) is 63.4 Å². The molecule has 0 aliphatic rings. The van der Waals surface area contributed by atoms with Gasteiger partial charge >= 0.3 is 0 Å². The molecule has 0 fully saturated rings. The lowest BCUT2D eigenvalue weighted by atomic mass is 10.3. The largest absolute Gasteiger partial charge is 0.350 e. The minimum Gasteiger partial charge on any atom is -0.350 e. The molecule has 3 rings (SSSR count). The Bertz CT molecular complexity index is 866. The number of aromatic nitrogens is 4. The molecule has 7 nitrogen and oxygen atoms in total. The second-order valence-corrected chi connectivity index (χ2v) is 5.09. The Morgan fingerprint density at radius 2 is 2.14 bits per heavy atom. The molecule has 2 N–H and O–H groups in total. The number of carbonyl (C=O) groups is 1. The summed E-state index contributed by atoms with van der Waals surface area (Å²) >= 11 is 5.92. The molecule has 0 atom stereocenters. The highest BCUT2D eigenvalue weighted by atomic mass is 35.5. The van der Waals surface area contributed by atoms with Gasteiger partial charge in [-0.05, 0) is 18.2 Å². The van der Waals surface area contributed by atoms with Gasteiger partial charge in [-0.25, -0.2) is 10.1 Å². The molecule has 8 heteroatoms. The average Bonchev–Trinajstić information content (AvgIpc) is 2.89. The summed E-state index contributed by atoms with van der Waals surface area (Å²) in [6.07, 6.45) is 4.22. The van der Waals surface area contributed by atoms with Crippen molar-refractivity contribution in [3.63, 3.8) is 0 Å². The van der Waals surface area contributed by atoms with Crippen molar-refractivity contribution in [2.75, 3.05) is 6.54 Å². The van der Waals surface area contributed by atoms with Crippen molar-refractivity contribution >= 4 is 23.2 Å². The van der Waals surface area contributed by atoms with E-state index in [1.807, 2.05) is 16.7 Å². The van der Waals surface area contributed by atoms with Gasteiger partial charge in [-0.3, -0.25) is 9.59 Å². The predicted molar refractivity (Wildman–Crippen MR) is 81.1 cm³/mol. The van der Waals surface area contributed by atoms with Crippen LogP contribution >= 0.6 is 11.6 Å². The van der Waals surface area contributed by atoms with E-state index in [1.165, 1.54) is 12.1 Å². The first-order valence-electron chi connectivity index (χ1n) is 6.59. The number of pyridine rings is 1. The molecule has 0 aliphatic carbocycles. The summed E-state index contributed by atoms with van der Waals surface area (Å²) in [5.41, 5.74) is 1.46. The first-order valence-corrected chi connectivity index (χ1v) is 6.97. The highest BCUT2D eigenvalue weighted by molar-refractivity contribution is 6.30. The number of amides is 1. The van der Waals surface area contributed by atoms with Crippen LogP contribution in [0, 0.1) is 0 Å². The van der Waals surface area contributed by atoms with Crippen LogP contribution in [0.25, 0.3) is 5.65 Å². The van der Waals surface area contributed by atoms with Crippen LogP contribution in [0.5, 0.6) is 0 Å². The third-order valence-electron chi connectivity index (χ3n) is 3.04. The van der Waals surface area contributed by atoms with Gasteiger partial charge in [0.05, 0.1) is 10.7 Å². The van der Waals surface area contributed by atoms with E-state index in [1.54, 1.807) is 12.3 Å². The number of hydrogen-bond acceptors (Lipinski definition) is 4. The van der Waals surface area contributed by atoms with Crippen LogP contribution in [0.3, 0.4) is 0 Å². The Balaban J connectivity index is 1.60. The van der Waals surface area contributed by atoms with Crippen LogP contribution in [-0.4, -0.2) is 32.0 Å². The second kappa shape index (κ2) is 5.98. The first-order chi connectivity index (χ1) is 10.6. The summed E-state index contributed by atoms with van der Waals surface area (Å²) in [5, 5.41) is 9.24. The summed E-state index contributed by atoms with van der Waals surface area (Å²) in [6, 6.07) is 6.24. The number of fused-ring (bicyclic) bond motifs is 1. The monoisotopic (exact) mass is 317 g/mol. The molecule has 0 aromatic carbocycles. The van der Waals surface area contributed by atoms with Crippen molar-refractivity contribution < 1.29 is 4.79 Å². The summed E-state index contributed by atoms with van der Waals surface area (Å²) in [5.74, 6) is -0.344. The van der Waals surface area contributed by atoms with Crippen LogP contribution in [0.1, 0.15) is 16.2 Å². The molecule has 3 aromatic heterocycles. The molecule has 112 valence electrons. The minimum atomic E-state index is -0.347. The SMILES string of the molecule is O=C(NCCc1cn2cc(Cl)ccc2n1)c1ccc(=O)[nH]n1. The fourth-order valence-electron chi connectivity index (χ4n) is 2.00. The third-order valence-corrected chi connectivity index (χ3v) is 3.27. The van der Waals surface area contributed by atoms with E-state index >= 15 is 0 Å². The van der Waals surface area contributed by atoms with Crippen molar-refractivity contribution in [1.82, 2.24) is 24.9 Å². The van der Waals surface area contributed by atoms with Crippen LogP contribution < -0.4 is 10.9 Å². The molecule has 3 aromatic rings. The molecular weight excluding hydrogens is 306 g/mol. The van der Waals surface area contributed by atoms with Gasteiger partial charge in [0.15, 0.2) is 0 Å². The summed E-state index contributed by atoms with van der Waals surface area (Å²) < 4.78 is 1.84. The molecule has 1 amide bonds. The lowest BCUT2D eigenvalue weighted by Crippen LogP contribution is -2.27. The molecule has 0 saturated carbocycles. The fraction of sp³-hybridized carbons (Fsp3) is 0.143. The predicted octanol–water partition coefficient (Wildman–Crippen LogP) is 1.04. The number of nitrogens with one attached hydrogen (secondary N) is 2. The van der Waals surface area contributed by atoms with Crippen molar-refractivity contribution in [1.29, 1.82) is 0 Å². The molecule has 0 aliphatic heterocycles. The maximum absolute atomic E-state index is 11.8. The molecule has 0 unspecified atom stereocenters. The zero-order valence-corrected chi connectivity index (χ0v) is 12.2. The Kier molecular flexibility index (Phi) is 3.88. The second-order valence-electron chi connectivity index (χ2n) is 4.66. The lowest BCUT2D eigenvalue weighted by Gasteiger charge is -2.02. The van der Waals surface area contributed by atoms with Gasteiger partial charge in [-0.2, -0.15) is 5.10 Å². The Hall–Kier alpha value is -2.67. The molecule has 22 heavy (non-hydrogen) atoms. The average molecular weight is 318 g/mol. The highest BCUT2D eigenvalue weighted by Crippen LogP contribution is 2.11. The smallest absolute Gasteiger partial charge is 0.271 e. The number of aromatic amines is 1. The molecule has 0 bridgehead atoms. The standard InChI is InChI=1S/C14H12ClN5O2/c15-9-1-3-12-17-10(8-20(12)7-9)5-6-16-14(22)11-2-4-13(21)19-18-11/h1-4,7-8H,5-6H2,(H,16,22)(H,19,21). The topological polar surface area (TPSA) is 92.2 Å². The Labute approximate surface area is 130 Å². The van der Waals surface area contributed by atoms with Crippen LogP contribution in [-0.2, 0) is 6.42 Å². The molecule has 0 spiro atoms. The van der Waals surface area contributed by atoms with Gasteiger partial charge in [0.25, 0.3) is 11.5 Å². The van der Waals surface area contributed by atoms with Crippen LogP contribution in [0.15, 0.2) is 41.5 Å². The van der Waals surface area contributed by atoms with Gasteiger partial charge in [0, 0.05) is 31.4 Å². The zero-order valence-electron chi connectivity index (χ0n) is 11.4. The van der Waals surface area contributed by atoms with Gasteiger partial charge in [0.2, 0.25) is 0 Å². The number of hydrogen-bond donors (Lipinski definition) is 2. The maximum atomic E-state index is 11.8. The Morgan fingerprint density at radius 1 is 1.27 bits per heavy atom. The van der Waals surface area contributed by atoms with E-state index in [4.69, 9.17) is 11.6 Å². The van der Waals surface area contributed by atoms with Gasteiger partial charge in [-0.15, -0.1) is 0 Å². The zero-order chi connectivity index (χ0) is 15.5. The number of carbonyl (C=O) groups excluding carboxylic acids is 1. The highest BCUT2D eigenvalue weighted by Gasteiger charge is 2.07. The normalized spacial score (nSPS) is 10.8. The maximum Gasteiger partial charge on any atom is 0.271 e. The summed E-state index contributed by atoms with van der Waals surface area (Å²) in [4.78, 5) is 27.1. The fourth-order valence-corrected chi connectivity index (χ4v) is 2.17. The number of nitrogens with zero attached hydrogens (tertiary/aromatic N) is 3.